The fourth-order valence-corrected chi connectivity index (χ4v) is 5.48. The number of rotatable bonds is 4. The zero-order valence-corrected chi connectivity index (χ0v) is 18.0. The summed E-state index contributed by atoms with van der Waals surface area (Å²) in [6, 6.07) is 4.47. The predicted molar refractivity (Wildman–Crippen MR) is 104 cm³/mol. The number of benzene rings is 1. The minimum Gasteiger partial charge on any atom is -0.360 e. The van der Waals surface area contributed by atoms with E-state index < -0.39 is 10.0 Å². The lowest BCUT2D eigenvalue weighted by molar-refractivity contribution is -0.130. The van der Waals surface area contributed by atoms with Gasteiger partial charge < -0.3 is 9.42 Å². The van der Waals surface area contributed by atoms with Crippen LogP contribution in [-0.4, -0.2) is 54.9 Å². The molecule has 1 aliphatic rings. The molecule has 1 aliphatic heterocycles. The van der Waals surface area contributed by atoms with E-state index in [1.807, 2.05) is 0 Å². The third-order valence-corrected chi connectivity index (χ3v) is 7.46. The molecule has 1 fully saturated rings. The molecule has 0 radical (unpaired) electrons. The molecular weight excluding hydrogens is 453 g/mol. The molecule has 0 unspecified atom stereocenters. The molecule has 0 atom stereocenters. The zero-order valence-electron chi connectivity index (χ0n) is 15.6. The molecule has 1 aromatic heterocycles. The van der Waals surface area contributed by atoms with Crippen LogP contribution in [0.4, 0.5) is 4.39 Å². The maximum absolute atomic E-state index is 13.4. The summed E-state index contributed by atoms with van der Waals surface area (Å²) < 4.78 is 46.0. The summed E-state index contributed by atoms with van der Waals surface area (Å²) in [6.07, 6.45) is 0.664. The molecule has 2 aromatic rings. The Morgan fingerprint density at radius 3 is 2.64 bits per heavy atom. The van der Waals surface area contributed by atoms with Gasteiger partial charge in [0.25, 0.3) is 0 Å². The lowest BCUT2D eigenvalue weighted by Crippen LogP contribution is -2.38. The minimum atomic E-state index is -3.73. The molecular formula is C18H21BrFN3O4S. The Bertz CT molecular complexity index is 973. The van der Waals surface area contributed by atoms with Crippen LogP contribution in [0.25, 0.3) is 0 Å². The van der Waals surface area contributed by atoms with Crippen molar-refractivity contribution >= 4 is 31.9 Å². The highest BCUT2D eigenvalue weighted by Gasteiger charge is 2.32. The van der Waals surface area contributed by atoms with Gasteiger partial charge in [0.1, 0.15) is 16.4 Å². The van der Waals surface area contributed by atoms with E-state index in [0.29, 0.717) is 41.8 Å². The third-order valence-electron chi connectivity index (χ3n) is 4.71. The Labute approximate surface area is 171 Å². The first-order valence-corrected chi connectivity index (χ1v) is 11.1. The van der Waals surface area contributed by atoms with Crippen LogP contribution < -0.4 is 0 Å². The van der Waals surface area contributed by atoms with Crippen LogP contribution in [0.5, 0.6) is 0 Å². The Morgan fingerprint density at radius 2 is 2.00 bits per heavy atom. The maximum atomic E-state index is 13.4. The number of nitrogens with zero attached hydrogens (tertiary/aromatic N) is 3. The van der Waals surface area contributed by atoms with Gasteiger partial charge in [-0.1, -0.05) is 11.2 Å². The molecule has 0 spiro atoms. The van der Waals surface area contributed by atoms with Crippen LogP contribution in [0.1, 0.15) is 23.4 Å². The number of hydrogen-bond acceptors (Lipinski definition) is 5. The van der Waals surface area contributed by atoms with E-state index in [9.17, 15) is 17.6 Å². The number of carbonyl (C=O) groups excluding carboxylic acids is 1. The fourth-order valence-electron chi connectivity index (χ4n) is 3.29. The van der Waals surface area contributed by atoms with E-state index in [2.05, 4.69) is 21.1 Å². The van der Waals surface area contributed by atoms with Crippen molar-refractivity contribution in [2.75, 3.05) is 26.2 Å². The average Bonchev–Trinajstić information content (AvgIpc) is 2.84. The topological polar surface area (TPSA) is 83.7 Å². The number of amides is 1. The Balaban J connectivity index is 1.69. The van der Waals surface area contributed by atoms with Crippen molar-refractivity contribution in [3.8, 4) is 0 Å². The molecule has 1 aromatic carbocycles. The van der Waals surface area contributed by atoms with E-state index in [1.54, 1.807) is 30.9 Å². The molecule has 28 heavy (non-hydrogen) atoms. The second-order valence-electron chi connectivity index (χ2n) is 6.72. The number of sulfonamides is 1. The van der Waals surface area contributed by atoms with Gasteiger partial charge in [0.05, 0.1) is 10.9 Å². The number of aryl methyl sites for hydroxylation is 2. The highest BCUT2D eigenvalue weighted by molar-refractivity contribution is 9.10. The van der Waals surface area contributed by atoms with E-state index in [0.717, 1.165) is 0 Å². The van der Waals surface area contributed by atoms with Crippen LogP contribution in [0.15, 0.2) is 32.1 Å². The maximum Gasteiger partial charge on any atom is 0.248 e. The molecule has 0 aliphatic carbocycles. The molecule has 3 rings (SSSR count). The summed E-state index contributed by atoms with van der Waals surface area (Å²) in [6.45, 7) is 4.45. The van der Waals surface area contributed by atoms with Crippen LogP contribution in [0.3, 0.4) is 0 Å². The molecule has 0 bridgehead atoms. The Morgan fingerprint density at radius 1 is 1.25 bits per heavy atom. The Hall–Kier alpha value is -1.78. The normalized spacial score (nSPS) is 16.2. The largest absolute Gasteiger partial charge is 0.360 e. The van der Waals surface area contributed by atoms with Gasteiger partial charge in [-0.25, -0.2) is 12.8 Å². The number of carbonyl (C=O) groups is 1. The van der Waals surface area contributed by atoms with Crippen LogP contribution in [0.2, 0.25) is 0 Å². The summed E-state index contributed by atoms with van der Waals surface area (Å²) in [5.41, 5.74) is 1.03. The van der Waals surface area contributed by atoms with E-state index in [1.165, 1.54) is 10.4 Å². The van der Waals surface area contributed by atoms with Crippen molar-refractivity contribution in [1.29, 1.82) is 0 Å². The lowest BCUT2D eigenvalue weighted by atomic mass is 10.1. The second-order valence-corrected chi connectivity index (χ2v) is 9.45. The molecule has 1 amide bonds. The van der Waals surface area contributed by atoms with Crippen molar-refractivity contribution in [3.05, 3.63) is 45.5 Å². The molecule has 1 saturated heterocycles. The molecule has 0 N–H and O–H groups in total. The number of hydrogen-bond donors (Lipinski definition) is 0. The SMILES string of the molecule is Cc1noc(C)c1S(=O)(=O)N1CCCN(C(=O)Cc2ccc(F)c(Br)c2)CC1. The van der Waals surface area contributed by atoms with Crippen molar-refractivity contribution < 1.29 is 22.1 Å². The van der Waals surface area contributed by atoms with Crippen LogP contribution >= 0.6 is 15.9 Å². The number of aromatic nitrogens is 1. The van der Waals surface area contributed by atoms with Crippen molar-refractivity contribution in [2.24, 2.45) is 0 Å². The van der Waals surface area contributed by atoms with Gasteiger partial charge in [-0.15, -0.1) is 0 Å². The van der Waals surface area contributed by atoms with Crippen LogP contribution in [-0.2, 0) is 21.2 Å². The van der Waals surface area contributed by atoms with Gasteiger partial charge in [-0.05, 0) is 53.9 Å². The van der Waals surface area contributed by atoms with E-state index >= 15 is 0 Å². The summed E-state index contributed by atoms with van der Waals surface area (Å²) in [4.78, 5) is 14.4. The van der Waals surface area contributed by atoms with Crippen molar-refractivity contribution in [2.45, 2.75) is 31.6 Å². The first kappa shape index (κ1) is 20.9. The third kappa shape index (κ3) is 4.28. The number of halogens is 2. The second kappa shape index (κ2) is 8.30. The van der Waals surface area contributed by atoms with Crippen molar-refractivity contribution in [3.63, 3.8) is 0 Å². The average molecular weight is 474 g/mol. The Kier molecular flexibility index (Phi) is 6.21. The smallest absolute Gasteiger partial charge is 0.248 e. The van der Waals surface area contributed by atoms with E-state index in [4.69, 9.17) is 4.52 Å². The highest BCUT2D eigenvalue weighted by Crippen LogP contribution is 2.24. The summed E-state index contributed by atoms with van der Waals surface area (Å²) in [5.74, 6) is -0.238. The lowest BCUT2D eigenvalue weighted by Gasteiger charge is -2.22. The zero-order chi connectivity index (χ0) is 20.5. The van der Waals surface area contributed by atoms with Gasteiger partial charge in [-0.3, -0.25) is 4.79 Å². The van der Waals surface area contributed by atoms with Gasteiger partial charge in [-0.2, -0.15) is 4.31 Å². The first-order chi connectivity index (χ1) is 13.2. The van der Waals surface area contributed by atoms with Gasteiger partial charge in [0, 0.05) is 26.2 Å². The standard InChI is InChI=1S/C18H21BrFN3O4S/c1-12-18(13(2)27-21-12)28(25,26)23-7-3-6-22(8-9-23)17(24)11-14-4-5-16(20)15(19)10-14/h4-5,10H,3,6-9,11H2,1-2H3. The molecule has 10 heteroatoms. The fraction of sp³-hybridized carbons (Fsp3) is 0.444. The molecule has 152 valence electrons. The summed E-state index contributed by atoms with van der Waals surface area (Å²) in [7, 11) is -3.73. The quantitative estimate of drug-likeness (QED) is 0.681. The highest BCUT2D eigenvalue weighted by atomic mass is 79.9. The van der Waals surface area contributed by atoms with Gasteiger partial charge >= 0.3 is 0 Å². The molecule has 2 heterocycles. The van der Waals surface area contributed by atoms with E-state index in [-0.39, 0.29) is 35.3 Å². The minimum absolute atomic E-state index is 0.100. The molecule has 7 nitrogen and oxygen atoms in total. The molecule has 0 saturated carbocycles. The summed E-state index contributed by atoms with van der Waals surface area (Å²) >= 11 is 3.12. The monoisotopic (exact) mass is 473 g/mol. The van der Waals surface area contributed by atoms with Gasteiger partial charge in [0.15, 0.2) is 5.76 Å². The van der Waals surface area contributed by atoms with Crippen LogP contribution in [0, 0.1) is 19.7 Å². The first-order valence-electron chi connectivity index (χ1n) is 8.85. The van der Waals surface area contributed by atoms with Gasteiger partial charge in [0.2, 0.25) is 15.9 Å². The van der Waals surface area contributed by atoms with Crippen molar-refractivity contribution in [1.82, 2.24) is 14.4 Å². The predicted octanol–water partition coefficient (Wildman–Crippen LogP) is 2.66. The summed E-state index contributed by atoms with van der Waals surface area (Å²) in [5, 5.41) is 3.73.